The predicted octanol–water partition coefficient (Wildman–Crippen LogP) is 8.13. The molecule has 0 rings (SSSR count). The second kappa shape index (κ2) is 18.1. The lowest BCUT2D eigenvalue weighted by molar-refractivity contribution is 0.532. The Morgan fingerprint density at radius 1 is 0.696 bits per heavy atom. The number of unbranched alkanes of at least 4 members (excludes halogenated alkanes) is 15. The summed E-state index contributed by atoms with van der Waals surface area (Å²) in [6, 6.07) is 0. The van der Waals surface area contributed by atoms with Gasteiger partial charge in [0.25, 0.3) is 0 Å². The first-order chi connectivity index (χ1) is 11.1. The lowest BCUT2D eigenvalue weighted by atomic mass is 10.0. The molecule has 0 amide bonds. The van der Waals surface area contributed by atoms with Crippen LogP contribution in [-0.4, -0.2) is 10.6 Å². The van der Waals surface area contributed by atoms with E-state index in [9.17, 15) is 4.89 Å². The fraction of sp³-hybridized carbons (Fsp3) is 1.00. The van der Waals surface area contributed by atoms with Crippen molar-refractivity contribution < 1.29 is 4.89 Å². The first kappa shape index (κ1) is 24.3. The fourth-order valence-electron chi connectivity index (χ4n) is 2.83. The molecular formula is C18H39OPS3. The Bertz CT molecular complexity index is 281. The van der Waals surface area contributed by atoms with Crippen molar-refractivity contribution >= 4 is 40.1 Å². The van der Waals surface area contributed by atoms with E-state index in [-0.39, 0.29) is 0 Å². The minimum Gasteiger partial charge on any atom is -0.350 e. The molecule has 0 radical (unpaired) electrons. The highest BCUT2D eigenvalue weighted by Gasteiger charge is 2.04. The molecule has 5 heteroatoms. The molecular weight excluding hydrogens is 359 g/mol. The van der Waals surface area contributed by atoms with Crippen LogP contribution in [0.25, 0.3) is 0 Å². The first-order valence-corrected chi connectivity index (χ1v) is 15.3. The van der Waals surface area contributed by atoms with Crippen LogP contribution < -0.4 is 0 Å². The van der Waals surface area contributed by atoms with Gasteiger partial charge in [0.15, 0.2) is 4.67 Å². The first-order valence-electron chi connectivity index (χ1n) is 9.76. The largest absolute Gasteiger partial charge is 0.350 e. The Hall–Kier alpha value is 1.31. The third-order valence-corrected chi connectivity index (χ3v) is 8.61. The van der Waals surface area contributed by atoms with Gasteiger partial charge < -0.3 is 4.89 Å². The van der Waals surface area contributed by atoms with E-state index in [1.165, 1.54) is 114 Å². The van der Waals surface area contributed by atoms with Crippen LogP contribution in [0.4, 0.5) is 0 Å². The Morgan fingerprint density at radius 3 is 1.30 bits per heavy atom. The molecule has 0 fully saturated rings. The molecule has 0 aliphatic rings. The van der Waals surface area contributed by atoms with Crippen molar-refractivity contribution in [1.29, 1.82) is 0 Å². The smallest absolute Gasteiger partial charge is 0.169 e. The maximum absolute atomic E-state index is 9.40. The van der Waals surface area contributed by atoms with Gasteiger partial charge in [-0.15, -0.1) is 12.2 Å². The van der Waals surface area contributed by atoms with E-state index in [1.807, 2.05) is 0 Å². The summed E-state index contributed by atoms with van der Waals surface area (Å²) in [6.07, 6.45) is 22.3. The molecule has 23 heavy (non-hydrogen) atoms. The van der Waals surface area contributed by atoms with Crippen LogP contribution in [0.2, 0.25) is 0 Å². The second-order valence-corrected chi connectivity index (χ2v) is 16.3. The number of hydrogen-bond acceptors (Lipinski definition) is 2. The summed E-state index contributed by atoms with van der Waals surface area (Å²) in [5.41, 5.74) is 0. The highest BCUT2D eigenvalue weighted by molar-refractivity contribution is 8.94. The molecule has 0 aromatic carbocycles. The molecule has 1 unspecified atom stereocenters. The minimum atomic E-state index is -2.31. The predicted molar refractivity (Wildman–Crippen MR) is 117 cm³/mol. The van der Waals surface area contributed by atoms with Crippen LogP contribution in [0.1, 0.15) is 110 Å². The van der Waals surface area contributed by atoms with Gasteiger partial charge in [-0.1, -0.05) is 115 Å². The van der Waals surface area contributed by atoms with Crippen molar-refractivity contribution in [3.8, 4) is 0 Å². The normalized spacial score (nSPS) is 14.0. The van der Waals surface area contributed by atoms with Crippen molar-refractivity contribution in [3.63, 3.8) is 0 Å². The van der Waals surface area contributed by atoms with Crippen molar-refractivity contribution in [2.45, 2.75) is 110 Å². The van der Waals surface area contributed by atoms with Gasteiger partial charge in [-0.25, -0.2) is 0 Å². The van der Waals surface area contributed by atoms with Gasteiger partial charge in [0.1, 0.15) is 0 Å². The summed E-state index contributed by atoms with van der Waals surface area (Å²) < 4.78 is -2.31. The van der Waals surface area contributed by atoms with E-state index in [1.54, 1.807) is 0 Å². The molecule has 0 bridgehead atoms. The summed E-state index contributed by atoms with van der Waals surface area (Å²) in [5.74, 6) is 0.968. The summed E-state index contributed by atoms with van der Waals surface area (Å²) in [5, 5.41) is 0. The molecule has 1 atom stereocenters. The van der Waals surface area contributed by atoms with Gasteiger partial charge >= 0.3 is 0 Å². The average molecular weight is 399 g/mol. The molecule has 0 heterocycles. The van der Waals surface area contributed by atoms with E-state index in [2.05, 4.69) is 19.2 Å². The zero-order valence-corrected chi connectivity index (χ0v) is 18.6. The van der Waals surface area contributed by atoms with E-state index in [4.69, 9.17) is 11.8 Å². The number of hydrogen-bond donors (Lipinski definition) is 2. The summed E-state index contributed by atoms with van der Waals surface area (Å²) >= 11 is 10.4. The van der Waals surface area contributed by atoms with Crippen molar-refractivity contribution in [3.05, 3.63) is 0 Å². The molecule has 0 saturated carbocycles. The Morgan fingerprint density at radius 2 is 1.00 bits per heavy atom. The zero-order valence-electron chi connectivity index (χ0n) is 15.2. The second-order valence-electron chi connectivity index (χ2n) is 6.63. The zero-order chi connectivity index (χ0) is 17.2. The fourth-order valence-corrected chi connectivity index (χ4v) is 5.91. The molecule has 0 aliphatic carbocycles. The van der Waals surface area contributed by atoms with Crippen LogP contribution in [0.3, 0.4) is 0 Å². The molecule has 1 nitrogen and oxygen atoms in total. The Labute approximate surface area is 160 Å². The molecule has 0 spiro atoms. The summed E-state index contributed by atoms with van der Waals surface area (Å²) in [6.45, 7) is 2.28. The topological polar surface area (TPSA) is 20.2 Å². The molecule has 1 N–H and O–H groups in total. The van der Waals surface area contributed by atoms with E-state index in [0.717, 1.165) is 5.75 Å². The van der Waals surface area contributed by atoms with Crippen molar-refractivity contribution in [2.75, 3.05) is 5.75 Å². The Kier molecular flexibility index (Phi) is 19.1. The highest BCUT2D eigenvalue weighted by atomic mass is 33.2. The molecule has 0 aromatic rings. The van der Waals surface area contributed by atoms with Crippen LogP contribution in [-0.2, 0) is 11.8 Å². The van der Waals surface area contributed by atoms with Crippen LogP contribution >= 0.6 is 28.3 Å². The molecule has 0 aromatic heterocycles. The monoisotopic (exact) mass is 398 g/mol. The minimum absolute atomic E-state index is 0.968. The molecule has 0 saturated heterocycles. The third-order valence-electron chi connectivity index (χ3n) is 4.26. The van der Waals surface area contributed by atoms with Gasteiger partial charge in [0.05, 0.1) is 0 Å². The maximum atomic E-state index is 9.40. The summed E-state index contributed by atoms with van der Waals surface area (Å²) in [4.78, 5) is 9.40. The van der Waals surface area contributed by atoms with Crippen LogP contribution in [0, 0.1) is 0 Å². The lowest BCUT2D eigenvalue weighted by Crippen LogP contribution is -1.84. The molecule has 0 aliphatic heterocycles. The van der Waals surface area contributed by atoms with Gasteiger partial charge in [-0.3, -0.25) is 0 Å². The number of thiol groups is 1. The van der Waals surface area contributed by atoms with E-state index < -0.39 is 4.67 Å². The lowest BCUT2D eigenvalue weighted by Gasteiger charge is -2.06. The third kappa shape index (κ3) is 23.3. The van der Waals surface area contributed by atoms with Crippen LogP contribution in [0.15, 0.2) is 0 Å². The van der Waals surface area contributed by atoms with Crippen molar-refractivity contribution in [2.24, 2.45) is 0 Å². The van der Waals surface area contributed by atoms with E-state index in [0.29, 0.717) is 0 Å². The SMILES string of the molecule is CCCCCCCCCCCCCCCCCCSP(O)(=S)S. The highest BCUT2D eigenvalue weighted by Crippen LogP contribution is 2.59. The van der Waals surface area contributed by atoms with Crippen LogP contribution in [0.5, 0.6) is 0 Å². The van der Waals surface area contributed by atoms with Crippen molar-refractivity contribution in [1.82, 2.24) is 0 Å². The molecule has 140 valence electrons. The van der Waals surface area contributed by atoms with Gasteiger partial charge in [0.2, 0.25) is 0 Å². The standard InChI is InChI=1S/C18H39OPS3/c1-2-3-4-5-6-7-8-9-10-11-12-13-14-15-16-17-18-23-20(19,21)22/h2-18H2,1H3,(H2,19,21,22). The average Bonchev–Trinajstić information content (AvgIpc) is 2.49. The Balaban J connectivity index is 3.01. The maximum Gasteiger partial charge on any atom is 0.169 e. The quantitative estimate of drug-likeness (QED) is 0.138. The summed E-state index contributed by atoms with van der Waals surface area (Å²) in [7, 11) is 0. The van der Waals surface area contributed by atoms with Gasteiger partial charge in [-0.05, 0) is 18.2 Å². The van der Waals surface area contributed by atoms with Gasteiger partial charge in [0, 0.05) is 5.75 Å². The van der Waals surface area contributed by atoms with Gasteiger partial charge in [-0.2, -0.15) is 0 Å². The van der Waals surface area contributed by atoms with E-state index >= 15 is 0 Å². The number of rotatable bonds is 18.